The van der Waals surface area contributed by atoms with Gasteiger partial charge in [-0.2, -0.15) is 10.2 Å². The molecule has 15 heteroatoms. The molecule has 1 saturated carbocycles. The number of nitrogens with one attached hydrogen (secondary N) is 2. The maximum atomic E-state index is 11.4. The van der Waals surface area contributed by atoms with Crippen LogP contribution in [-0.4, -0.2) is 99.1 Å². The van der Waals surface area contributed by atoms with Crippen LogP contribution in [0.3, 0.4) is 0 Å². The van der Waals surface area contributed by atoms with Crippen LogP contribution in [0.4, 0.5) is 4.79 Å². The summed E-state index contributed by atoms with van der Waals surface area (Å²) >= 11 is 0. The van der Waals surface area contributed by atoms with Gasteiger partial charge in [-0.25, -0.2) is 15.6 Å². The lowest BCUT2D eigenvalue weighted by Gasteiger charge is -2.25. The highest BCUT2D eigenvalue weighted by Crippen LogP contribution is 2.25. The van der Waals surface area contributed by atoms with Crippen LogP contribution in [0.2, 0.25) is 0 Å². The van der Waals surface area contributed by atoms with Crippen molar-refractivity contribution in [3.05, 3.63) is 179 Å². The van der Waals surface area contributed by atoms with Crippen molar-refractivity contribution in [2.75, 3.05) is 13.1 Å². The van der Waals surface area contributed by atoms with Gasteiger partial charge in [-0.1, -0.05) is 85.6 Å². The number of phenolic OH excluding ortho intramolecular Hbond substituents is 6. The van der Waals surface area contributed by atoms with E-state index in [9.17, 15) is 35.4 Å². The van der Waals surface area contributed by atoms with E-state index >= 15 is 0 Å². The average molecular weight is 889 g/mol. The van der Waals surface area contributed by atoms with Crippen molar-refractivity contribution in [3.63, 3.8) is 0 Å². The maximum absolute atomic E-state index is 11.4. The van der Waals surface area contributed by atoms with Crippen molar-refractivity contribution in [3.8, 4) is 34.5 Å². The van der Waals surface area contributed by atoms with Crippen LogP contribution in [0.1, 0.15) is 59.1 Å². The summed E-state index contributed by atoms with van der Waals surface area (Å²) in [7, 11) is 0. The van der Waals surface area contributed by atoms with Gasteiger partial charge in [0.2, 0.25) is 0 Å². The van der Waals surface area contributed by atoms with Gasteiger partial charge in [-0.15, -0.1) is 0 Å². The van der Waals surface area contributed by atoms with E-state index in [4.69, 9.17) is 0 Å². The molecule has 15 nitrogen and oxygen atoms in total. The van der Waals surface area contributed by atoms with Crippen molar-refractivity contribution in [2.24, 2.45) is 30.2 Å². The Bertz CT molecular complexity index is 2470. The topological polar surface area (TPSA) is 237 Å². The minimum absolute atomic E-state index is 0.0611. The molecule has 6 aromatic carbocycles. The van der Waals surface area contributed by atoms with Crippen molar-refractivity contribution in [1.82, 2.24) is 10.9 Å². The predicted octanol–water partition coefficient (Wildman–Crippen LogP) is 8.35. The zero-order valence-corrected chi connectivity index (χ0v) is 36.0. The smallest absolute Gasteiger partial charge is 0.355 e. The molecule has 8 N–H and O–H groups in total. The summed E-state index contributed by atoms with van der Waals surface area (Å²) < 4.78 is 0. The Kier molecular flexibility index (Phi) is 19.7. The average Bonchev–Trinajstić information content (AvgIpc) is 3.33. The minimum Gasteiger partial charge on any atom is -0.507 e. The number of para-hydroxylation sites is 6. The van der Waals surface area contributed by atoms with Gasteiger partial charge >= 0.3 is 6.03 Å². The first kappa shape index (κ1) is 48.4. The molecule has 2 amide bonds. The summed E-state index contributed by atoms with van der Waals surface area (Å²) in [5.74, 6) is 1.04. The lowest BCUT2D eigenvalue weighted by Crippen LogP contribution is -2.28. The zero-order chi connectivity index (χ0) is 46.8. The number of carbonyl (C=O) groups excluding carboxylic acids is 1. The van der Waals surface area contributed by atoms with Crippen molar-refractivity contribution in [2.45, 2.75) is 37.8 Å². The molecule has 0 unspecified atom stereocenters. The molecule has 1 aliphatic carbocycles. The SMILES string of the molecule is O=C(N/N=C/c1ccccc1O)N/N=C/c1ccccc1O.Oc1ccccc1C=NCCN=Cc1ccccc1O.Oc1ccccc1C=N[C@H]1CCCC[C@@H]1N=Cc1ccccc1O. The Balaban J connectivity index is 0.000000186. The number of urea groups is 1. The number of nitrogens with zero attached hydrogens (tertiary/aromatic N) is 6. The molecule has 0 aliphatic heterocycles. The minimum atomic E-state index is -0.654. The molecule has 1 aliphatic rings. The second-order valence-electron chi connectivity index (χ2n) is 14.5. The number of hydrazone groups is 2. The first-order valence-electron chi connectivity index (χ1n) is 21.0. The highest BCUT2D eigenvalue weighted by molar-refractivity contribution is 5.87. The summed E-state index contributed by atoms with van der Waals surface area (Å²) in [5.41, 5.74) is 8.17. The maximum Gasteiger partial charge on any atom is 0.355 e. The zero-order valence-electron chi connectivity index (χ0n) is 36.0. The van der Waals surface area contributed by atoms with E-state index in [2.05, 4.69) is 41.0 Å². The largest absolute Gasteiger partial charge is 0.507 e. The van der Waals surface area contributed by atoms with Gasteiger partial charge < -0.3 is 30.6 Å². The molecule has 0 saturated heterocycles. The molecule has 0 spiro atoms. The molecule has 0 aromatic heterocycles. The number of aliphatic imine (C=N–C) groups is 4. The second-order valence-corrected chi connectivity index (χ2v) is 14.5. The van der Waals surface area contributed by atoms with E-state index in [1.165, 1.54) is 24.6 Å². The first-order valence-corrected chi connectivity index (χ1v) is 21.0. The molecule has 7 rings (SSSR count). The number of rotatable bonds is 13. The number of hydrogen-bond acceptors (Lipinski definition) is 13. The van der Waals surface area contributed by atoms with E-state index in [0.29, 0.717) is 35.3 Å². The summed E-state index contributed by atoms with van der Waals surface area (Å²) in [6.07, 6.45) is 13.6. The van der Waals surface area contributed by atoms with Gasteiger partial charge in [0.05, 0.1) is 37.6 Å². The van der Waals surface area contributed by atoms with E-state index < -0.39 is 6.03 Å². The molecule has 0 heterocycles. The van der Waals surface area contributed by atoms with Crippen LogP contribution in [-0.2, 0) is 0 Å². The monoisotopic (exact) mass is 888 g/mol. The van der Waals surface area contributed by atoms with Crippen molar-refractivity contribution < 1.29 is 35.4 Å². The molecular weight excluding hydrogens is 837 g/mol. The highest BCUT2D eigenvalue weighted by atomic mass is 16.3. The van der Waals surface area contributed by atoms with Crippen LogP contribution in [0, 0.1) is 0 Å². The van der Waals surface area contributed by atoms with Crippen LogP contribution in [0.15, 0.2) is 176 Å². The lowest BCUT2D eigenvalue weighted by atomic mass is 9.91. The first-order chi connectivity index (χ1) is 32.2. The molecule has 0 radical (unpaired) electrons. The van der Waals surface area contributed by atoms with Gasteiger partial charge in [-0.3, -0.25) is 20.0 Å². The Morgan fingerprint density at radius 3 is 0.955 bits per heavy atom. The number of benzene rings is 6. The van der Waals surface area contributed by atoms with Gasteiger partial charge in [0.25, 0.3) is 0 Å². The molecule has 2 atom stereocenters. The quantitative estimate of drug-likeness (QED) is 0.0320. The van der Waals surface area contributed by atoms with Gasteiger partial charge in [-0.05, 0) is 85.6 Å². The fourth-order valence-corrected chi connectivity index (χ4v) is 6.16. The standard InChI is InChI=1S/C20H22N2O2.C16H16N2O2.C15H14N4O3/c23-19-11-5-1-7-15(19)13-21-17-9-3-4-10-18(17)22-14-16-8-2-6-12-20(16)24;19-15-7-3-1-5-13(15)11-17-9-10-18-12-14-6-2-4-8-16(14)20;20-13-7-3-1-5-11(13)9-16-18-15(22)19-17-10-12-6-2-4-8-14(12)21/h1-2,5-8,11-14,17-18,23-24H,3-4,9-10H2;1-8,11-12,19-20H,9-10H2;1-10,20-21H,(H2,18,19,22)/b;;16-9+,17-10+/t17-,18-;;/m0../s1. The van der Waals surface area contributed by atoms with Crippen molar-refractivity contribution >= 4 is 43.3 Å². The normalized spacial score (nSPS) is 14.9. The second kappa shape index (κ2) is 26.8. The van der Waals surface area contributed by atoms with E-state index in [1.54, 1.807) is 122 Å². The summed E-state index contributed by atoms with van der Waals surface area (Å²) in [5, 5.41) is 65.1. The van der Waals surface area contributed by atoms with Crippen LogP contribution in [0.25, 0.3) is 0 Å². The Hall–Kier alpha value is -8.59. The summed E-state index contributed by atoms with van der Waals surface area (Å²) in [6.45, 7) is 1.05. The Morgan fingerprint density at radius 1 is 0.409 bits per heavy atom. The number of hydrogen-bond donors (Lipinski definition) is 8. The van der Waals surface area contributed by atoms with Gasteiger partial charge in [0.1, 0.15) is 34.5 Å². The molecule has 0 bridgehead atoms. The molecule has 6 aromatic rings. The van der Waals surface area contributed by atoms with Gasteiger partial charge in [0.15, 0.2) is 0 Å². The third-order valence-electron chi connectivity index (χ3n) is 9.68. The van der Waals surface area contributed by atoms with Crippen LogP contribution in [0.5, 0.6) is 34.5 Å². The highest BCUT2D eigenvalue weighted by Gasteiger charge is 2.23. The van der Waals surface area contributed by atoms with Gasteiger partial charge in [0, 0.05) is 58.2 Å². The van der Waals surface area contributed by atoms with E-state index in [-0.39, 0.29) is 46.6 Å². The molecular formula is C51H52N8O7. The lowest BCUT2D eigenvalue weighted by molar-refractivity contribution is 0.242. The van der Waals surface area contributed by atoms with Crippen LogP contribution >= 0.6 is 0 Å². The van der Waals surface area contributed by atoms with Crippen LogP contribution < -0.4 is 10.9 Å². The number of carbonyl (C=O) groups is 1. The Morgan fingerprint density at radius 2 is 0.667 bits per heavy atom. The summed E-state index contributed by atoms with van der Waals surface area (Å²) in [4.78, 5) is 29.1. The molecule has 66 heavy (non-hydrogen) atoms. The molecule has 338 valence electrons. The third kappa shape index (κ3) is 16.6. The third-order valence-corrected chi connectivity index (χ3v) is 9.68. The van der Waals surface area contributed by atoms with E-state index in [0.717, 1.165) is 36.8 Å². The predicted molar refractivity (Wildman–Crippen MR) is 262 cm³/mol. The van der Waals surface area contributed by atoms with Crippen molar-refractivity contribution in [1.29, 1.82) is 0 Å². The number of phenols is 6. The fraction of sp³-hybridized carbons (Fsp3) is 0.157. The Labute approximate surface area is 383 Å². The number of aromatic hydroxyl groups is 6. The molecule has 1 fully saturated rings. The fourth-order valence-electron chi connectivity index (χ4n) is 6.16. The number of amides is 2. The summed E-state index contributed by atoms with van der Waals surface area (Å²) in [6, 6.07) is 41.2. The van der Waals surface area contributed by atoms with E-state index in [1.807, 2.05) is 36.4 Å².